The SMILES string of the molecule is CCN(C(=O)Nc1ccccc1C(F)(F)F)c1nc(-c2ccc(Br)cc2)cs1. The van der Waals surface area contributed by atoms with Gasteiger partial charge < -0.3 is 5.32 Å². The summed E-state index contributed by atoms with van der Waals surface area (Å²) >= 11 is 4.62. The van der Waals surface area contributed by atoms with Crippen molar-refractivity contribution in [3.63, 3.8) is 0 Å². The lowest BCUT2D eigenvalue weighted by Gasteiger charge is -2.20. The van der Waals surface area contributed by atoms with Crippen molar-refractivity contribution in [2.45, 2.75) is 13.1 Å². The van der Waals surface area contributed by atoms with Gasteiger partial charge in [0.15, 0.2) is 5.13 Å². The summed E-state index contributed by atoms with van der Waals surface area (Å²) in [5, 5.41) is 4.56. The summed E-state index contributed by atoms with van der Waals surface area (Å²) in [5.74, 6) is 0. The first kappa shape index (κ1) is 20.3. The van der Waals surface area contributed by atoms with Crippen LogP contribution in [-0.4, -0.2) is 17.6 Å². The minimum absolute atomic E-state index is 0.257. The number of para-hydroxylation sites is 1. The molecule has 0 fully saturated rings. The first-order valence-corrected chi connectivity index (χ1v) is 9.93. The van der Waals surface area contributed by atoms with Gasteiger partial charge in [0.2, 0.25) is 0 Å². The Bertz CT molecular complexity index is 973. The van der Waals surface area contributed by atoms with Gasteiger partial charge >= 0.3 is 12.2 Å². The number of carbonyl (C=O) groups is 1. The van der Waals surface area contributed by atoms with Crippen molar-refractivity contribution < 1.29 is 18.0 Å². The van der Waals surface area contributed by atoms with Crippen LogP contribution in [0.3, 0.4) is 0 Å². The van der Waals surface area contributed by atoms with Gasteiger partial charge in [-0.3, -0.25) is 4.90 Å². The van der Waals surface area contributed by atoms with Crippen LogP contribution in [0.5, 0.6) is 0 Å². The highest BCUT2D eigenvalue weighted by atomic mass is 79.9. The predicted molar refractivity (Wildman–Crippen MR) is 109 cm³/mol. The Hall–Kier alpha value is -2.39. The lowest BCUT2D eigenvalue weighted by atomic mass is 10.1. The maximum absolute atomic E-state index is 13.1. The van der Waals surface area contributed by atoms with Gasteiger partial charge in [0.25, 0.3) is 0 Å². The van der Waals surface area contributed by atoms with Crippen LogP contribution in [0.2, 0.25) is 0 Å². The van der Waals surface area contributed by atoms with E-state index in [4.69, 9.17) is 0 Å². The molecule has 9 heteroatoms. The fourth-order valence-electron chi connectivity index (χ4n) is 2.53. The van der Waals surface area contributed by atoms with E-state index in [1.165, 1.54) is 34.4 Å². The van der Waals surface area contributed by atoms with Crippen molar-refractivity contribution in [1.82, 2.24) is 4.98 Å². The van der Waals surface area contributed by atoms with E-state index >= 15 is 0 Å². The fourth-order valence-corrected chi connectivity index (χ4v) is 3.69. The van der Waals surface area contributed by atoms with Crippen molar-refractivity contribution >= 4 is 44.1 Å². The Balaban J connectivity index is 1.83. The number of alkyl halides is 3. The molecule has 28 heavy (non-hydrogen) atoms. The first-order chi connectivity index (χ1) is 13.3. The van der Waals surface area contributed by atoms with Crippen LogP contribution in [-0.2, 0) is 6.18 Å². The molecule has 0 radical (unpaired) electrons. The largest absolute Gasteiger partial charge is 0.418 e. The van der Waals surface area contributed by atoms with Crippen molar-refractivity contribution in [2.75, 3.05) is 16.8 Å². The molecule has 0 spiro atoms. The molecule has 2 amide bonds. The number of amides is 2. The van der Waals surface area contributed by atoms with Gasteiger partial charge in [-0.25, -0.2) is 9.78 Å². The molecule has 0 saturated carbocycles. The molecule has 0 saturated heterocycles. The second-order valence-electron chi connectivity index (χ2n) is 5.74. The normalized spacial score (nSPS) is 11.3. The highest BCUT2D eigenvalue weighted by molar-refractivity contribution is 9.10. The van der Waals surface area contributed by atoms with E-state index in [1.807, 2.05) is 24.3 Å². The molecule has 4 nitrogen and oxygen atoms in total. The van der Waals surface area contributed by atoms with Crippen LogP contribution in [0, 0.1) is 0 Å². The molecule has 3 rings (SSSR count). The lowest BCUT2D eigenvalue weighted by molar-refractivity contribution is -0.136. The Kier molecular flexibility index (Phi) is 6.04. The minimum Gasteiger partial charge on any atom is -0.307 e. The first-order valence-electron chi connectivity index (χ1n) is 8.26. The van der Waals surface area contributed by atoms with E-state index in [-0.39, 0.29) is 12.2 Å². The van der Waals surface area contributed by atoms with E-state index in [9.17, 15) is 18.0 Å². The maximum Gasteiger partial charge on any atom is 0.418 e. The Morgan fingerprint density at radius 1 is 1.18 bits per heavy atom. The lowest BCUT2D eigenvalue weighted by Crippen LogP contribution is -2.35. The van der Waals surface area contributed by atoms with Gasteiger partial charge in [0, 0.05) is 22.0 Å². The molecule has 0 unspecified atom stereocenters. The zero-order valence-corrected chi connectivity index (χ0v) is 17.0. The third-order valence-corrected chi connectivity index (χ3v) is 5.29. The highest BCUT2D eigenvalue weighted by Crippen LogP contribution is 2.35. The molecule has 0 bridgehead atoms. The molecule has 2 aromatic carbocycles. The van der Waals surface area contributed by atoms with E-state index < -0.39 is 17.8 Å². The summed E-state index contributed by atoms with van der Waals surface area (Å²) < 4.78 is 40.4. The Morgan fingerprint density at radius 2 is 1.86 bits per heavy atom. The molecule has 146 valence electrons. The average molecular weight is 470 g/mol. The second-order valence-corrected chi connectivity index (χ2v) is 7.49. The molecule has 1 heterocycles. The molecule has 0 aliphatic heterocycles. The van der Waals surface area contributed by atoms with Gasteiger partial charge in [-0.05, 0) is 31.2 Å². The number of benzene rings is 2. The smallest absolute Gasteiger partial charge is 0.307 e. The van der Waals surface area contributed by atoms with Crippen molar-refractivity contribution in [3.05, 3.63) is 63.9 Å². The number of aromatic nitrogens is 1. The van der Waals surface area contributed by atoms with E-state index in [2.05, 4.69) is 26.2 Å². The molecule has 0 aliphatic carbocycles. The number of urea groups is 1. The minimum atomic E-state index is -4.56. The standard InChI is InChI=1S/C19H15BrF3N3OS/c1-2-26(17(27)24-15-6-4-3-5-14(15)19(21,22)23)18-25-16(11-28-18)12-7-9-13(20)10-8-12/h3-11H,2H2,1H3,(H,24,27). The van der Waals surface area contributed by atoms with E-state index in [0.717, 1.165) is 16.1 Å². The number of nitrogens with one attached hydrogen (secondary N) is 1. The third kappa shape index (κ3) is 4.53. The number of carbonyl (C=O) groups excluding carboxylic acids is 1. The van der Waals surface area contributed by atoms with E-state index in [1.54, 1.807) is 12.3 Å². The molecule has 0 aliphatic rings. The Labute approximate surface area is 172 Å². The van der Waals surface area contributed by atoms with Gasteiger partial charge in [-0.2, -0.15) is 13.2 Å². The van der Waals surface area contributed by atoms with Gasteiger partial charge in [0.05, 0.1) is 16.9 Å². The molecule has 1 N–H and O–H groups in total. The van der Waals surface area contributed by atoms with Crippen molar-refractivity contribution in [1.29, 1.82) is 0 Å². The summed E-state index contributed by atoms with van der Waals surface area (Å²) in [6.07, 6.45) is -4.56. The van der Waals surface area contributed by atoms with Crippen LogP contribution in [0.4, 0.5) is 28.8 Å². The van der Waals surface area contributed by atoms with Crippen molar-refractivity contribution in [2.24, 2.45) is 0 Å². The maximum atomic E-state index is 13.1. The van der Waals surface area contributed by atoms with Crippen LogP contribution >= 0.6 is 27.3 Å². The van der Waals surface area contributed by atoms with Crippen LogP contribution in [0.1, 0.15) is 12.5 Å². The van der Waals surface area contributed by atoms with E-state index in [0.29, 0.717) is 10.8 Å². The molecule has 0 atom stereocenters. The van der Waals surface area contributed by atoms with Crippen LogP contribution < -0.4 is 10.2 Å². The van der Waals surface area contributed by atoms with Crippen molar-refractivity contribution in [3.8, 4) is 11.3 Å². The fraction of sp³-hybridized carbons (Fsp3) is 0.158. The number of thiazole rings is 1. The second kappa shape index (κ2) is 8.32. The quantitative estimate of drug-likeness (QED) is 0.464. The summed E-state index contributed by atoms with van der Waals surface area (Å²) in [7, 11) is 0. The average Bonchev–Trinajstić information content (AvgIpc) is 3.12. The number of hydrogen-bond acceptors (Lipinski definition) is 3. The Morgan fingerprint density at radius 3 is 2.50 bits per heavy atom. The summed E-state index contributed by atoms with van der Waals surface area (Å²) in [4.78, 5) is 18.4. The molecular formula is C19H15BrF3N3OS. The zero-order valence-electron chi connectivity index (χ0n) is 14.6. The number of anilines is 2. The number of rotatable bonds is 4. The van der Waals surface area contributed by atoms with Gasteiger partial charge in [0.1, 0.15) is 0 Å². The summed E-state index contributed by atoms with van der Waals surface area (Å²) in [5.41, 5.74) is 0.385. The third-order valence-electron chi connectivity index (χ3n) is 3.90. The van der Waals surface area contributed by atoms with Gasteiger partial charge in [-0.1, -0.05) is 40.2 Å². The number of nitrogens with zero attached hydrogens (tertiary/aromatic N) is 2. The number of hydrogen-bond donors (Lipinski definition) is 1. The summed E-state index contributed by atoms with van der Waals surface area (Å²) in [6, 6.07) is 11.7. The van der Waals surface area contributed by atoms with Gasteiger partial charge in [-0.15, -0.1) is 11.3 Å². The topological polar surface area (TPSA) is 45.2 Å². The predicted octanol–water partition coefficient (Wildman–Crippen LogP) is 6.65. The molecule has 3 aromatic rings. The van der Waals surface area contributed by atoms with Crippen LogP contribution in [0.15, 0.2) is 58.4 Å². The number of halogens is 4. The molecule has 1 aromatic heterocycles. The zero-order chi connectivity index (χ0) is 20.3. The van der Waals surface area contributed by atoms with Crippen LogP contribution in [0.25, 0.3) is 11.3 Å². The monoisotopic (exact) mass is 469 g/mol. The highest BCUT2D eigenvalue weighted by Gasteiger charge is 2.34. The molecular weight excluding hydrogens is 455 g/mol. The summed E-state index contributed by atoms with van der Waals surface area (Å²) in [6.45, 7) is 1.99.